The van der Waals surface area contributed by atoms with Gasteiger partial charge in [0, 0.05) is 17.6 Å². The first-order valence-corrected chi connectivity index (χ1v) is 9.23. The number of sulfonamides is 1. The minimum absolute atomic E-state index is 0.261. The molecule has 3 N–H and O–H groups in total. The smallest absolute Gasteiger partial charge is 0.241 e. The van der Waals surface area contributed by atoms with E-state index in [1.54, 1.807) is 18.2 Å². The molecular formula is C14H19BrN2O2S. The van der Waals surface area contributed by atoms with Crippen LogP contribution in [0.1, 0.15) is 31.2 Å². The molecule has 0 amide bonds. The molecule has 20 heavy (non-hydrogen) atoms. The molecule has 2 saturated carbocycles. The Morgan fingerprint density at radius 3 is 2.55 bits per heavy atom. The Morgan fingerprint density at radius 2 is 2.05 bits per heavy atom. The van der Waals surface area contributed by atoms with Gasteiger partial charge >= 0.3 is 0 Å². The molecule has 6 heteroatoms. The van der Waals surface area contributed by atoms with Crippen molar-refractivity contribution in [1.82, 2.24) is 4.72 Å². The maximum Gasteiger partial charge on any atom is 0.241 e. The van der Waals surface area contributed by atoms with E-state index in [4.69, 9.17) is 5.73 Å². The average Bonchev–Trinajstić information content (AvgIpc) is 3.27. The van der Waals surface area contributed by atoms with Gasteiger partial charge in [-0.05, 0) is 70.6 Å². The number of halogens is 1. The quantitative estimate of drug-likeness (QED) is 0.819. The second kappa shape index (κ2) is 5.09. The van der Waals surface area contributed by atoms with E-state index >= 15 is 0 Å². The molecule has 1 aromatic rings. The normalized spacial score (nSPS) is 20.9. The van der Waals surface area contributed by atoms with Gasteiger partial charge in [0.15, 0.2) is 0 Å². The van der Waals surface area contributed by atoms with Gasteiger partial charge in [-0.1, -0.05) is 6.07 Å². The predicted molar refractivity (Wildman–Crippen MR) is 81.6 cm³/mol. The maximum atomic E-state index is 12.4. The summed E-state index contributed by atoms with van der Waals surface area (Å²) in [6, 6.07) is 5.14. The first kappa shape index (κ1) is 14.5. The van der Waals surface area contributed by atoms with Crippen LogP contribution in [-0.2, 0) is 16.6 Å². The van der Waals surface area contributed by atoms with E-state index in [0.717, 1.165) is 24.3 Å². The number of benzene rings is 1. The van der Waals surface area contributed by atoms with Gasteiger partial charge in [0.05, 0.1) is 4.90 Å². The van der Waals surface area contributed by atoms with Crippen molar-refractivity contribution in [3.8, 4) is 0 Å². The molecule has 0 bridgehead atoms. The van der Waals surface area contributed by atoms with Gasteiger partial charge in [0.1, 0.15) is 0 Å². The van der Waals surface area contributed by atoms with E-state index in [1.807, 2.05) is 0 Å². The highest BCUT2D eigenvalue weighted by atomic mass is 79.9. The van der Waals surface area contributed by atoms with Gasteiger partial charge in [-0.25, -0.2) is 13.1 Å². The highest BCUT2D eigenvalue weighted by molar-refractivity contribution is 9.10. The van der Waals surface area contributed by atoms with Gasteiger partial charge in [-0.3, -0.25) is 0 Å². The van der Waals surface area contributed by atoms with Crippen LogP contribution in [0.4, 0.5) is 0 Å². The fraction of sp³-hybridized carbons (Fsp3) is 0.571. The van der Waals surface area contributed by atoms with Crippen molar-refractivity contribution in [2.75, 3.05) is 6.54 Å². The van der Waals surface area contributed by atoms with Crippen molar-refractivity contribution >= 4 is 26.0 Å². The zero-order valence-corrected chi connectivity index (χ0v) is 13.6. The third-order valence-corrected chi connectivity index (χ3v) is 6.85. The summed E-state index contributed by atoms with van der Waals surface area (Å²) in [5.74, 6) is 0.744. The van der Waals surface area contributed by atoms with Crippen molar-refractivity contribution in [2.45, 2.75) is 37.1 Å². The standard InChI is InChI=1S/C14H19BrN2O2S/c15-12-7-10(8-16)1-4-13(12)20(18,19)17-9-14(5-6-14)11-2-3-11/h1,4,7,11,17H,2-3,5-6,8-9,16H2. The van der Waals surface area contributed by atoms with Crippen LogP contribution in [0.15, 0.2) is 27.6 Å². The van der Waals surface area contributed by atoms with E-state index in [2.05, 4.69) is 20.7 Å². The molecule has 0 radical (unpaired) electrons. The molecule has 0 atom stereocenters. The average molecular weight is 359 g/mol. The Bertz CT molecular complexity index is 622. The first-order chi connectivity index (χ1) is 9.47. The molecule has 0 spiro atoms. The molecule has 2 aliphatic carbocycles. The lowest BCUT2D eigenvalue weighted by molar-refractivity contribution is 0.432. The summed E-state index contributed by atoms with van der Waals surface area (Å²) in [4.78, 5) is 0.293. The summed E-state index contributed by atoms with van der Waals surface area (Å²) in [5.41, 5.74) is 6.73. The number of nitrogens with one attached hydrogen (secondary N) is 1. The Labute approximate surface area is 128 Å². The minimum Gasteiger partial charge on any atom is -0.326 e. The predicted octanol–water partition coefficient (Wildman–Crippen LogP) is 2.38. The Kier molecular flexibility index (Phi) is 3.69. The molecule has 0 unspecified atom stereocenters. The van der Waals surface area contributed by atoms with Crippen molar-refractivity contribution in [3.05, 3.63) is 28.2 Å². The van der Waals surface area contributed by atoms with E-state index in [-0.39, 0.29) is 5.41 Å². The third kappa shape index (κ3) is 2.79. The lowest BCUT2D eigenvalue weighted by Crippen LogP contribution is -2.31. The number of hydrogen-bond acceptors (Lipinski definition) is 3. The summed E-state index contributed by atoms with van der Waals surface area (Å²) in [6.45, 7) is 0.974. The van der Waals surface area contributed by atoms with E-state index < -0.39 is 10.0 Å². The van der Waals surface area contributed by atoms with Crippen molar-refractivity contribution < 1.29 is 8.42 Å². The van der Waals surface area contributed by atoms with Crippen LogP contribution < -0.4 is 10.5 Å². The fourth-order valence-electron chi connectivity index (χ4n) is 2.79. The van der Waals surface area contributed by atoms with Crippen LogP contribution in [0.2, 0.25) is 0 Å². The van der Waals surface area contributed by atoms with Crippen LogP contribution in [0.25, 0.3) is 0 Å². The summed E-state index contributed by atoms with van der Waals surface area (Å²) < 4.78 is 28.2. The second-order valence-corrected chi connectivity index (χ2v) is 8.52. The molecule has 0 heterocycles. The van der Waals surface area contributed by atoms with E-state index in [1.165, 1.54) is 12.8 Å². The van der Waals surface area contributed by atoms with E-state index in [0.29, 0.717) is 22.5 Å². The summed E-state index contributed by atoms with van der Waals surface area (Å²) in [7, 11) is -3.45. The Morgan fingerprint density at radius 1 is 1.35 bits per heavy atom. The number of rotatable bonds is 6. The van der Waals surface area contributed by atoms with Gasteiger partial charge < -0.3 is 5.73 Å². The highest BCUT2D eigenvalue weighted by Crippen LogP contribution is 2.60. The molecule has 2 fully saturated rings. The zero-order chi connectivity index (χ0) is 14.4. The molecule has 2 aliphatic rings. The Balaban J connectivity index is 1.74. The third-order valence-electron chi connectivity index (χ3n) is 4.47. The summed E-state index contributed by atoms with van der Waals surface area (Å²) in [5, 5.41) is 0. The SMILES string of the molecule is NCc1ccc(S(=O)(=O)NCC2(C3CC3)CC2)c(Br)c1. The minimum atomic E-state index is -3.45. The largest absolute Gasteiger partial charge is 0.326 e. The van der Waals surface area contributed by atoms with Gasteiger partial charge in [-0.15, -0.1) is 0 Å². The molecular weight excluding hydrogens is 340 g/mol. The van der Waals surface area contributed by atoms with Gasteiger partial charge in [-0.2, -0.15) is 0 Å². The topological polar surface area (TPSA) is 72.2 Å². The monoisotopic (exact) mass is 358 g/mol. The van der Waals surface area contributed by atoms with Crippen LogP contribution in [0.5, 0.6) is 0 Å². The van der Waals surface area contributed by atoms with Crippen LogP contribution in [0, 0.1) is 11.3 Å². The molecule has 4 nitrogen and oxygen atoms in total. The molecule has 1 aromatic carbocycles. The highest BCUT2D eigenvalue weighted by Gasteiger charge is 2.53. The van der Waals surface area contributed by atoms with Gasteiger partial charge in [0.2, 0.25) is 10.0 Å². The van der Waals surface area contributed by atoms with E-state index in [9.17, 15) is 8.42 Å². The summed E-state index contributed by atoms with van der Waals surface area (Å²) >= 11 is 3.33. The molecule has 3 rings (SSSR count). The van der Waals surface area contributed by atoms with Crippen molar-refractivity contribution in [1.29, 1.82) is 0 Å². The molecule has 110 valence electrons. The number of nitrogens with two attached hydrogens (primary N) is 1. The molecule has 0 saturated heterocycles. The Hall–Kier alpha value is -0.430. The second-order valence-electron chi connectivity index (χ2n) is 5.93. The van der Waals surface area contributed by atoms with Gasteiger partial charge in [0.25, 0.3) is 0 Å². The molecule has 0 aliphatic heterocycles. The maximum absolute atomic E-state index is 12.4. The lowest BCUT2D eigenvalue weighted by atomic mass is 10.0. The lowest BCUT2D eigenvalue weighted by Gasteiger charge is -2.16. The van der Waals surface area contributed by atoms with Crippen molar-refractivity contribution in [2.24, 2.45) is 17.1 Å². The van der Waals surface area contributed by atoms with Crippen LogP contribution in [-0.4, -0.2) is 15.0 Å². The van der Waals surface area contributed by atoms with Crippen LogP contribution in [0.3, 0.4) is 0 Å². The van der Waals surface area contributed by atoms with Crippen molar-refractivity contribution in [3.63, 3.8) is 0 Å². The first-order valence-electron chi connectivity index (χ1n) is 6.95. The number of hydrogen-bond donors (Lipinski definition) is 2. The van der Waals surface area contributed by atoms with Crippen LogP contribution >= 0.6 is 15.9 Å². The summed E-state index contributed by atoms with van der Waals surface area (Å²) in [6.07, 6.45) is 4.84. The zero-order valence-electron chi connectivity index (χ0n) is 11.2. The molecule has 0 aromatic heterocycles. The fourth-order valence-corrected chi connectivity index (χ4v) is 5.05.